The van der Waals surface area contributed by atoms with Crippen molar-refractivity contribution in [3.63, 3.8) is 0 Å². The van der Waals surface area contributed by atoms with Crippen LogP contribution in [0.3, 0.4) is 0 Å². The Morgan fingerprint density at radius 1 is 1.07 bits per heavy atom. The lowest BCUT2D eigenvalue weighted by atomic mass is 10.0. The van der Waals surface area contributed by atoms with E-state index in [4.69, 9.17) is 9.47 Å². The number of anilines is 2. The fraction of sp³-hybridized carbons (Fsp3) is 0.433. The largest absolute Gasteiger partial charge is 0.488 e. The molecule has 2 aromatic carbocycles. The van der Waals surface area contributed by atoms with Gasteiger partial charge in [0.2, 0.25) is 17.7 Å². The number of nitrogens with one attached hydrogen (secondary N) is 3. The smallest absolute Gasteiger partial charge is 0.307 e. The van der Waals surface area contributed by atoms with E-state index in [0.717, 1.165) is 5.56 Å². The SMILES string of the molecule is CCOC(=O)CC(C)NC(=O)CN1C(=O)c2cc(NC(C)=O)ccc2NC(=O)C1Cc1ccc(OC(C)(C)C)cc1. The van der Waals surface area contributed by atoms with E-state index in [1.165, 1.54) is 24.0 Å². The number of hydrogen-bond acceptors (Lipinski definition) is 7. The van der Waals surface area contributed by atoms with Crippen molar-refractivity contribution in [2.45, 2.75) is 72.1 Å². The highest BCUT2D eigenvalue weighted by Crippen LogP contribution is 2.28. The van der Waals surface area contributed by atoms with Crippen molar-refractivity contribution in [2.75, 3.05) is 23.8 Å². The van der Waals surface area contributed by atoms with Crippen LogP contribution in [0.25, 0.3) is 0 Å². The quantitative estimate of drug-likeness (QED) is 0.375. The lowest BCUT2D eigenvalue weighted by Gasteiger charge is -2.29. The molecule has 41 heavy (non-hydrogen) atoms. The number of hydrogen-bond donors (Lipinski definition) is 3. The third kappa shape index (κ3) is 9.06. The van der Waals surface area contributed by atoms with E-state index in [0.29, 0.717) is 11.4 Å². The Morgan fingerprint density at radius 2 is 1.76 bits per heavy atom. The molecule has 0 bridgehead atoms. The lowest BCUT2D eigenvalue weighted by molar-refractivity contribution is -0.143. The third-order valence-electron chi connectivity index (χ3n) is 6.04. The molecule has 2 unspecified atom stereocenters. The van der Waals surface area contributed by atoms with Gasteiger partial charge in [-0.15, -0.1) is 0 Å². The van der Waals surface area contributed by atoms with E-state index in [1.54, 1.807) is 32.0 Å². The number of carbonyl (C=O) groups is 5. The Bertz CT molecular complexity index is 1300. The minimum absolute atomic E-state index is 0.0384. The predicted octanol–water partition coefficient (Wildman–Crippen LogP) is 3.29. The summed E-state index contributed by atoms with van der Waals surface area (Å²) in [5, 5.41) is 8.14. The number of nitrogens with zero attached hydrogens (tertiary/aromatic N) is 1. The van der Waals surface area contributed by atoms with Crippen LogP contribution in [0.4, 0.5) is 11.4 Å². The van der Waals surface area contributed by atoms with Gasteiger partial charge in [0.05, 0.1) is 24.3 Å². The average molecular weight is 567 g/mol. The van der Waals surface area contributed by atoms with Crippen LogP contribution < -0.4 is 20.7 Å². The van der Waals surface area contributed by atoms with Gasteiger partial charge in [0.1, 0.15) is 23.9 Å². The summed E-state index contributed by atoms with van der Waals surface area (Å²) >= 11 is 0. The van der Waals surface area contributed by atoms with Crippen LogP contribution in [0.1, 0.15) is 63.9 Å². The highest BCUT2D eigenvalue weighted by molar-refractivity contribution is 6.11. The van der Waals surface area contributed by atoms with E-state index < -0.39 is 42.3 Å². The first-order valence-electron chi connectivity index (χ1n) is 13.5. The number of fused-ring (bicyclic) bond motifs is 1. The zero-order valence-electron chi connectivity index (χ0n) is 24.3. The highest BCUT2D eigenvalue weighted by Gasteiger charge is 2.37. The van der Waals surface area contributed by atoms with Gasteiger partial charge in [0, 0.05) is 25.1 Å². The molecule has 11 heteroatoms. The molecule has 0 saturated carbocycles. The van der Waals surface area contributed by atoms with Gasteiger partial charge in [-0.3, -0.25) is 24.0 Å². The number of amides is 4. The fourth-order valence-electron chi connectivity index (χ4n) is 4.42. The Hall–Kier alpha value is -4.41. The molecule has 0 radical (unpaired) electrons. The van der Waals surface area contributed by atoms with Crippen LogP contribution in [-0.4, -0.2) is 65.3 Å². The number of ether oxygens (including phenoxy) is 2. The van der Waals surface area contributed by atoms with E-state index in [9.17, 15) is 24.0 Å². The second-order valence-electron chi connectivity index (χ2n) is 10.9. The van der Waals surface area contributed by atoms with Crippen molar-refractivity contribution < 1.29 is 33.4 Å². The minimum atomic E-state index is -1.03. The minimum Gasteiger partial charge on any atom is -0.488 e. The van der Waals surface area contributed by atoms with E-state index in [-0.39, 0.29) is 42.2 Å². The van der Waals surface area contributed by atoms with Gasteiger partial charge < -0.3 is 30.3 Å². The second kappa shape index (κ2) is 13.3. The Kier molecular flexibility index (Phi) is 10.1. The first kappa shape index (κ1) is 31.1. The van der Waals surface area contributed by atoms with Gasteiger partial charge in [-0.1, -0.05) is 12.1 Å². The van der Waals surface area contributed by atoms with Crippen LogP contribution in [0.15, 0.2) is 42.5 Å². The van der Waals surface area contributed by atoms with Crippen LogP contribution in [0.5, 0.6) is 5.75 Å². The molecule has 0 fully saturated rings. The molecule has 4 amide bonds. The first-order valence-corrected chi connectivity index (χ1v) is 13.5. The van der Waals surface area contributed by atoms with Crippen molar-refractivity contribution in [1.82, 2.24) is 10.2 Å². The maximum Gasteiger partial charge on any atom is 0.307 e. The van der Waals surface area contributed by atoms with Crippen molar-refractivity contribution in [3.8, 4) is 5.75 Å². The van der Waals surface area contributed by atoms with Crippen LogP contribution >= 0.6 is 0 Å². The van der Waals surface area contributed by atoms with Gasteiger partial charge in [0.25, 0.3) is 5.91 Å². The molecular formula is C30H38N4O7. The first-order chi connectivity index (χ1) is 19.3. The van der Waals surface area contributed by atoms with Gasteiger partial charge >= 0.3 is 5.97 Å². The summed E-state index contributed by atoms with van der Waals surface area (Å²) < 4.78 is 10.8. The summed E-state index contributed by atoms with van der Waals surface area (Å²) in [6.45, 7) is 10.3. The van der Waals surface area contributed by atoms with E-state index in [2.05, 4.69) is 16.0 Å². The Balaban J connectivity index is 1.90. The summed E-state index contributed by atoms with van der Waals surface area (Å²) in [4.78, 5) is 65.1. The molecule has 3 N–H and O–H groups in total. The van der Waals surface area contributed by atoms with Crippen LogP contribution in [0, 0.1) is 0 Å². The number of esters is 1. The highest BCUT2D eigenvalue weighted by atomic mass is 16.5. The van der Waals surface area contributed by atoms with Crippen molar-refractivity contribution in [1.29, 1.82) is 0 Å². The van der Waals surface area contributed by atoms with Crippen LogP contribution in [0.2, 0.25) is 0 Å². The molecule has 220 valence electrons. The van der Waals surface area contributed by atoms with Gasteiger partial charge in [-0.2, -0.15) is 0 Å². The molecule has 1 heterocycles. The molecule has 0 aromatic heterocycles. The molecule has 3 rings (SSSR count). The molecular weight excluding hydrogens is 528 g/mol. The normalized spacial score (nSPS) is 15.7. The van der Waals surface area contributed by atoms with E-state index in [1.807, 2.05) is 32.9 Å². The zero-order chi connectivity index (χ0) is 30.3. The predicted molar refractivity (Wildman–Crippen MR) is 154 cm³/mol. The molecule has 1 aliphatic heterocycles. The summed E-state index contributed by atoms with van der Waals surface area (Å²) in [6, 6.07) is 10.2. The average Bonchev–Trinajstić information content (AvgIpc) is 2.94. The summed E-state index contributed by atoms with van der Waals surface area (Å²) in [5.74, 6) is -1.68. The maximum atomic E-state index is 13.9. The molecule has 2 atom stereocenters. The van der Waals surface area contributed by atoms with E-state index >= 15 is 0 Å². The number of carbonyl (C=O) groups excluding carboxylic acids is 5. The number of benzene rings is 2. The molecule has 0 saturated heterocycles. The molecule has 1 aliphatic rings. The zero-order valence-corrected chi connectivity index (χ0v) is 24.3. The summed E-state index contributed by atoms with van der Waals surface area (Å²) in [5.41, 5.74) is 1.15. The summed E-state index contributed by atoms with van der Waals surface area (Å²) in [6.07, 6.45) is 0.0922. The molecule has 11 nitrogen and oxygen atoms in total. The lowest BCUT2D eigenvalue weighted by Crippen LogP contribution is -2.51. The summed E-state index contributed by atoms with van der Waals surface area (Å²) in [7, 11) is 0. The van der Waals surface area contributed by atoms with Gasteiger partial charge in [-0.05, 0) is 70.5 Å². The Morgan fingerprint density at radius 3 is 2.37 bits per heavy atom. The van der Waals surface area contributed by atoms with Gasteiger partial charge in [-0.25, -0.2) is 0 Å². The van der Waals surface area contributed by atoms with Crippen molar-refractivity contribution >= 4 is 41.0 Å². The monoisotopic (exact) mass is 566 g/mol. The standard InChI is InChI=1S/C30H38N4O7/c1-7-40-27(37)14-18(2)31-26(36)17-34-25(15-20-8-11-22(12-9-20)41-30(4,5)6)28(38)33-24-13-10-21(32-19(3)35)16-23(24)29(34)39/h8-13,16,18,25H,7,14-15,17H2,1-6H3,(H,31,36)(H,32,35)(H,33,38). The third-order valence-corrected chi connectivity index (χ3v) is 6.04. The topological polar surface area (TPSA) is 143 Å². The fourth-order valence-corrected chi connectivity index (χ4v) is 4.42. The van der Waals surface area contributed by atoms with Crippen LogP contribution in [-0.2, 0) is 30.3 Å². The van der Waals surface area contributed by atoms with Crippen molar-refractivity contribution in [3.05, 3.63) is 53.6 Å². The molecule has 0 aliphatic carbocycles. The maximum absolute atomic E-state index is 13.9. The Labute approximate surface area is 239 Å². The number of rotatable bonds is 10. The van der Waals surface area contributed by atoms with Crippen molar-refractivity contribution in [2.24, 2.45) is 0 Å². The second-order valence-corrected chi connectivity index (χ2v) is 10.9. The van der Waals surface area contributed by atoms with Gasteiger partial charge in [0.15, 0.2) is 0 Å². The molecule has 2 aromatic rings. The molecule has 0 spiro atoms.